The molecule has 28 heavy (non-hydrogen) atoms. The van der Waals surface area contributed by atoms with Crippen LogP contribution in [0.4, 0.5) is 0 Å². The van der Waals surface area contributed by atoms with Gasteiger partial charge in [0.05, 0.1) is 19.8 Å². The predicted molar refractivity (Wildman–Crippen MR) is 104 cm³/mol. The molecule has 0 aliphatic rings. The molecule has 0 heterocycles. The van der Waals surface area contributed by atoms with Crippen LogP contribution in [0.2, 0.25) is 0 Å². The Labute approximate surface area is 162 Å². The molecule has 3 aromatic rings. The highest BCUT2D eigenvalue weighted by molar-refractivity contribution is 6.00. The second-order valence-corrected chi connectivity index (χ2v) is 5.95. The summed E-state index contributed by atoms with van der Waals surface area (Å²) < 4.78 is 20.8. The summed E-state index contributed by atoms with van der Waals surface area (Å²) in [5, 5.41) is 2.09. The quantitative estimate of drug-likeness (QED) is 0.439. The fraction of sp³-hybridized carbons (Fsp3) is 0.182. The molecule has 3 aromatic carbocycles. The van der Waals surface area contributed by atoms with E-state index in [1.54, 1.807) is 24.3 Å². The highest BCUT2D eigenvalue weighted by Gasteiger charge is 2.16. The van der Waals surface area contributed by atoms with Crippen molar-refractivity contribution in [3.05, 3.63) is 66.2 Å². The number of hydrogen-bond acceptors (Lipinski definition) is 6. The Morgan fingerprint density at radius 3 is 2.29 bits per heavy atom. The van der Waals surface area contributed by atoms with E-state index < -0.39 is 18.4 Å². The number of rotatable bonds is 8. The fourth-order valence-corrected chi connectivity index (χ4v) is 2.70. The van der Waals surface area contributed by atoms with Gasteiger partial charge in [0.15, 0.2) is 13.2 Å². The minimum atomic E-state index is -0.636. The van der Waals surface area contributed by atoms with Crippen molar-refractivity contribution in [3.8, 4) is 17.2 Å². The average molecular weight is 380 g/mol. The molecule has 0 atom stereocenters. The number of ketones is 1. The lowest BCUT2D eigenvalue weighted by molar-refractivity contribution is -0.144. The largest absolute Gasteiger partial charge is 0.497 e. The molecule has 0 saturated heterocycles. The Morgan fingerprint density at radius 1 is 0.786 bits per heavy atom. The first-order chi connectivity index (χ1) is 13.6. The Hall–Kier alpha value is -3.54. The number of hydrogen-bond donors (Lipinski definition) is 0. The Bertz CT molecular complexity index is 995. The molecule has 0 aliphatic carbocycles. The second-order valence-electron chi connectivity index (χ2n) is 5.95. The van der Waals surface area contributed by atoms with Gasteiger partial charge in [0, 0.05) is 0 Å². The molecule has 0 amide bonds. The van der Waals surface area contributed by atoms with E-state index >= 15 is 0 Å². The van der Waals surface area contributed by atoms with Gasteiger partial charge in [0.2, 0.25) is 5.78 Å². The number of carbonyl (C=O) groups excluding carboxylic acids is 2. The maximum absolute atomic E-state index is 12.4. The number of Topliss-reactive ketones (excluding diaryl/α,β-unsaturated/α-hetero) is 1. The van der Waals surface area contributed by atoms with Crippen LogP contribution in [0.5, 0.6) is 17.2 Å². The van der Waals surface area contributed by atoms with Crippen LogP contribution in [0.25, 0.3) is 10.8 Å². The van der Waals surface area contributed by atoms with Gasteiger partial charge in [-0.25, -0.2) is 4.79 Å². The molecule has 0 spiro atoms. The van der Waals surface area contributed by atoms with Gasteiger partial charge in [-0.05, 0) is 41.1 Å². The standard InChI is InChI=1S/C22H20O6/c1-25-17-9-10-21(26-2)19(12-17)20(23)13-28-22(24)14-27-18-8-7-15-5-3-4-6-16(15)11-18/h3-12H,13-14H2,1-2H3. The van der Waals surface area contributed by atoms with Gasteiger partial charge in [-0.3, -0.25) is 4.79 Å². The first kappa shape index (κ1) is 19.2. The van der Waals surface area contributed by atoms with Gasteiger partial charge in [0.25, 0.3) is 0 Å². The van der Waals surface area contributed by atoms with Crippen molar-refractivity contribution in [2.75, 3.05) is 27.4 Å². The van der Waals surface area contributed by atoms with Gasteiger partial charge in [0.1, 0.15) is 17.2 Å². The minimum Gasteiger partial charge on any atom is -0.497 e. The van der Waals surface area contributed by atoms with Crippen molar-refractivity contribution in [1.29, 1.82) is 0 Å². The lowest BCUT2D eigenvalue weighted by Crippen LogP contribution is -2.20. The van der Waals surface area contributed by atoms with E-state index in [0.717, 1.165) is 10.8 Å². The molecule has 0 fully saturated rings. The normalized spacial score (nSPS) is 10.4. The van der Waals surface area contributed by atoms with E-state index in [0.29, 0.717) is 17.2 Å². The highest BCUT2D eigenvalue weighted by atomic mass is 16.6. The van der Waals surface area contributed by atoms with Crippen LogP contribution >= 0.6 is 0 Å². The summed E-state index contributed by atoms with van der Waals surface area (Å²) in [7, 11) is 2.96. The maximum atomic E-state index is 12.4. The number of esters is 1. The Morgan fingerprint density at radius 2 is 1.54 bits per heavy atom. The lowest BCUT2D eigenvalue weighted by atomic mass is 10.1. The van der Waals surface area contributed by atoms with Gasteiger partial charge in [-0.15, -0.1) is 0 Å². The molecular weight excluding hydrogens is 360 g/mol. The molecular formula is C22H20O6. The third kappa shape index (κ3) is 4.59. The average Bonchev–Trinajstić information content (AvgIpc) is 2.75. The molecule has 0 aliphatic heterocycles. The third-order valence-electron chi connectivity index (χ3n) is 4.15. The molecule has 0 N–H and O–H groups in total. The summed E-state index contributed by atoms with van der Waals surface area (Å²) in [6.07, 6.45) is 0. The summed E-state index contributed by atoms with van der Waals surface area (Å²) >= 11 is 0. The number of benzene rings is 3. The summed E-state index contributed by atoms with van der Waals surface area (Å²) in [6.45, 7) is -0.704. The topological polar surface area (TPSA) is 71.1 Å². The van der Waals surface area contributed by atoms with Crippen LogP contribution in [0.15, 0.2) is 60.7 Å². The Balaban J connectivity index is 1.55. The van der Waals surface area contributed by atoms with E-state index in [4.69, 9.17) is 18.9 Å². The molecule has 144 valence electrons. The van der Waals surface area contributed by atoms with Crippen LogP contribution in [-0.4, -0.2) is 39.2 Å². The molecule has 6 heteroatoms. The zero-order valence-corrected chi connectivity index (χ0v) is 15.6. The van der Waals surface area contributed by atoms with Crippen molar-refractivity contribution in [2.45, 2.75) is 0 Å². The zero-order chi connectivity index (χ0) is 19.9. The molecule has 6 nitrogen and oxygen atoms in total. The summed E-state index contributed by atoms with van der Waals surface area (Å²) in [6, 6.07) is 18.2. The van der Waals surface area contributed by atoms with E-state index in [-0.39, 0.29) is 12.2 Å². The van der Waals surface area contributed by atoms with Gasteiger partial charge in [-0.1, -0.05) is 30.3 Å². The number of fused-ring (bicyclic) bond motifs is 1. The first-order valence-electron chi connectivity index (χ1n) is 8.63. The van der Waals surface area contributed by atoms with E-state index in [1.807, 2.05) is 36.4 Å². The van der Waals surface area contributed by atoms with E-state index in [2.05, 4.69) is 0 Å². The zero-order valence-electron chi connectivity index (χ0n) is 15.6. The van der Waals surface area contributed by atoms with Crippen LogP contribution in [0.1, 0.15) is 10.4 Å². The van der Waals surface area contributed by atoms with Crippen molar-refractivity contribution < 1.29 is 28.5 Å². The molecule has 0 aromatic heterocycles. The summed E-state index contributed by atoms with van der Waals surface area (Å²) in [5.41, 5.74) is 0.282. The number of carbonyl (C=O) groups is 2. The van der Waals surface area contributed by atoms with Crippen LogP contribution in [-0.2, 0) is 9.53 Å². The first-order valence-corrected chi connectivity index (χ1v) is 8.63. The van der Waals surface area contributed by atoms with Crippen LogP contribution in [0.3, 0.4) is 0 Å². The monoisotopic (exact) mass is 380 g/mol. The van der Waals surface area contributed by atoms with Crippen molar-refractivity contribution in [2.24, 2.45) is 0 Å². The van der Waals surface area contributed by atoms with Crippen LogP contribution in [0, 0.1) is 0 Å². The SMILES string of the molecule is COc1ccc(OC)c(C(=O)COC(=O)COc2ccc3ccccc3c2)c1. The Kier molecular flexibility index (Phi) is 6.11. The predicted octanol–water partition coefficient (Wildman–Crippen LogP) is 3.66. The summed E-state index contributed by atoms with van der Waals surface area (Å²) in [4.78, 5) is 24.3. The van der Waals surface area contributed by atoms with E-state index in [1.165, 1.54) is 14.2 Å². The fourth-order valence-electron chi connectivity index (χ4n) is 2.70. The molecule has 0 saturated carbocycles. The van der Waals surface area contributed by atoms with Crippen molar-refractivity contribution >= 4 is 22.5 Å². The van der Waals surface area contributed by atoms with E-state index in [9.17, 15) is 9.59 Å². The van der Waals surface area contributed by atoms with Gasteiger partial charge in [-0.2, -0.15) is 0 Å². The second kappa shape index (κ2) is 8.90. The van der Waals surface area contributed by atoms with Gasteiger partial charge < -0.3 is 18.9 Å². The molecule has 3 rings (SSSR count). The van der Waals surface area contributed by atoms with Crippen LogP contribution < -0.4 is 14.2 Å². The molecule has 0 unspecified atom stereocenters. The third-order valence-corrected chi connectivity index (χ3v) is 4.15. The summed E-state index contributed by atoms with van der Waals surface area (Å²) in [5.74, 6) is 0.416. The molecule has 0 radical (unpaired) electrons. The van der Waals surface area contributed by atoms with Gasteiger partial charge >= 0.3 is 5.97 Å². The number of methoxy groups -OCH3 is 2. The van der Waals surface area contributed by atoms with Crippen molar-refractivity contribution in [3.63, 3.8) is 0 Å². The smallest absolute Gasteiger partial charge is 0.344 e. The highest BCUT2D eigenvalue weighted by Crippen LogP contribution is 2.24. The minimum absolute atomic E-state index is 0.282. The van der Waals surface area contributed by atoms with Crippen molar-refractivity contribution in [1.82, 2.24) is 0 Å². The lowest BCUT2D eigenvalue weighted by Gasteiger charge is -2.10. The molecule has 0 bridgehead atoms. The number of ether oxygens (including phenoxy) is 4. The maximum Gasteiger partial charge on any atom is 0.344 e.